The van der Waals surface area contributed by atoms with E-state index in [2.05, 4.69) is 25.7 Å². The van der Waals surface area contributed by atoms with Crippen molar-refractivity contribution >= 4 is 23.2 Å². The average Bonchev–Trinajstić information content (AvgIpc) is 3.35. The van der Waals surface area contributed by atoms with Crippen molar-refractivity contribution in [3.8, 4) is 0 Å². The molecule has 0 radical (unpaired) electrons. The molecule has 4 heterocycles. The number of halogens is 5. The molecular weight excluding hydrogens is 569 g/mol. The molecule has 16 heteroatoms. The molecule has 0 aromatic carbocycles. The molecule has 224 valence electrons. The minimum Gasteiger partial charge on any atom is -0.344 e. The van der Waals surface area contributed by atoms with Crippen molar-refractivity contribution < 1.29 is 41.0 Å². The van der Waals surface area contributed by atoms with E-state index in [0.29, 0.717) is 5.69 Å². The van der Waals surface area contributed by atoms with Crippen LogP contribution in [-0.2, 0) is 4.79 Å². The number of carbonyl (C=O) groups is 3. The Bertz CT molecular complexity index is 1560. The molecule has 3 aromatic rings. The zero-order chi connectivity index (χ0) is 30.0. The Morgan fingerprint density at radius 3 is 2.52 bits per heavy atom. The fourth-order valence-electron chi connectivity index (χ4n) is 5.77. The second kappa shape index (κ2) is 9.80. The molecule has 2 aliphatic carbocycles. The lowest BCUT2D eigenvalue weighted by atomic mass is 9.80. The van der Waals surface area contributed by atoms with Crippen LogP contribution in [0.3, 0.4) is 0 Å². The Labute approximate surface area is 234 Å². The molecule has 2 N–H and O–H groups in total. The number of nitrogens with zero attached hydrogens (tertiary/aromatic N) is 5. The van der Waals surface area contributed by atoms with Crippen molar-refractivity contribution in [3.05, 3.63) is 41.1 Å². The average molecular weight is 596 g/mol. The Balaban J connectivity index is 1.29. The van der Waals surface area contributed by atoms with Gasteiger partial charge in [0.1, 0.15) is 17.2 Å². The highest BCUT2D eigenvalue weighted by Gasteiger charge is 2.56. The number of hydrogen-bond donors (Lipinski definition) is 2. The zero-order valence-electron chi connectivity index (χ0n) is 22.3. The van der Waals surface area contributed by atoms with Crippen LogP contribution in [0.4, 0.5) is 22.0 Å². The van der Waals surface area contributed by atoms with Crippen molar-refractivity contribution in [2.45, 2.75) is 82.0 Å². The van der Waals surface area contributed by atoms with Crippen LogP contribution in [0.25, 0.3) is 5.65 Å². The monoisotopic (exact) mass is 595 g/mol. The maximum atomic E-state index is 14.0. The molecule has 1 aliphatic heterocycles. The number of carbonyl (C=O) groups excluding carboxylic acids is 3. The quantitative estimate of drug-likeness (QED) is 0.238. The number of alkyl halides is 5. The molecular formula is C26H26F5N7O4. The van der Waals surface area contributed by atoms with Crippen molar-refractivity contribution in [2.24, 2.45) is 11.3 Å². The van der Waals surface area contributed by atoms with E-state index in [4.69, 9.17) is 4.63 Å². The van der Waals surface area contributed by atoms with Crippen LogP contribution in [0, 0.1) is 11.3 Å². The molecule has 11 nitrogen and oxygen atoms in total. The van der Waals surface area contributed by atoms with Gasteiger partial charge >= 0.3 is 6.18 Å². The van der Waals surface area contributed by atoms with Crippen LogP contribution in [0.2, 0.25) is 0 Å². The SMILES string of the molecule is CC1(C(=O)c2cnn3cc([C@@H](NC(=O)c4nonc4C4CC4)C4CCC(F)(F)CC4)nc3c2)C[C@@H](C(F)(F)F)NC1=O. The van der Waals surface area contributed by atoms with Crippen molar-refractivity contribution in [3.63, 3.8) is 0 Å². The standard InChI is InChI=1S/C26H26F5N7O4/c1-24(9-16(26(29,30)31)34-23(24)41)21(39)14-8-17-33-15(11-38(17)32-10-14)18(13-4-6-25(27,28)7-5-13)35-22(40)20-19(12-2-3-12)36-42-37-20/h8,10-13,16,18H,2-7,9H2,1H3,(H,34,41)(H,35,40)/t16-,18-,24?/m0/s1. The summed E-state index contributed by atoms with van der Waals surface area (Å²) in [6.45, 7) is 1.15. The van der Waals surface area contributed by atoms with Crippen molar-refractivity contribution in [1.29, 1.82) is 0 Å². The van der Waals surface area contributed by atoms with Crippen LogP contribution < -0.4 is 10.6 Å². The summed E-state index contributed by atoms with van der Waals surface area (Å²) in [7, 11) is 0. The molecule has 3 aliphatic rings. The van der Waals surface area contributed by atoms with Gasteiger partial charge < -0.3 is 10.6 Å². The molecule has 3 fully saturated rings. The Kier molecular flexibility index (Phi) is 6.57. The molecule has 2 saturated carbocycles. The summed E-state index contributed by atoms with van der Waals surface area (Å²) in [4.78, 5) is 43.4. The Morgan fingerprint density at radius 2 is 1.88 bits per heavy atom. The number of amides is 2. The number of fused-ring (bicyclic) bond motifs is 1. The van der Waals surface area contributed by atoms with Crippen molar-refractivity contribution in [1.82, 2.24) is 35.5 Å². The summed E-state index contributed by atoms with van der Waals surface area (Å²) >= 11 is 0. The molecule has 1 saturated heterocycles. The molecule has 6 rings (SSSR count). The molecule has 1 unspecified atom stereocenters. The summed E-state index contributed by atoms with van der Waals surface area (Å²) in [5, 5.41) is 16.4. The summed E-state index contributed by atoms with van der Waals surface area (Å²) < 4.78 is 73.7. The second-order valence-corrected chi connectivity index (χ2v) is 11.6. The predicted molar refractivity (Wildman–Crippen MR) is 131 cm³/mol. The van der Waals surface area contributed by atoms with Gasteiger partial charge in [0, 0.05) is 24.3 Å². The molecule has 0 bridgehead atoms. The number of aromatic nitrogens is 5. The van der Waals surface area contributed by atoms with E-state index in [1.165, 1.54) is 16.8 Å². The number of rotatable bonds is 7. The fourth-order valence-corrected chi connectivity index (χ4v) is 5.77. The van der Waals surface area contributed by atoms with Crippen molar-refractivity contribution in [2.75, 3.05) is 0 Å². The van der Waals surface area contributed by atoms with Crippen LogP contribution in [-0.4, -0.2) is 60.6 Å². The third-order valence-electron chi connectivity index (χ3n) is 8.45. The van der Waals surface area contributed by atoms with E-state index in [9.17, 15) is 36.3 Å². The molecule has 0 spiro atoms. The van der Waals surface area contributed by atoms with E-state index in [-0.39, 0.29) is 54.2 Å². The summed E-state index contributed by atoms with van der Waals surface area (Å²) in [6, 6.07) is -1.69. The lowest BCUT2D eigenvalue weighted by Crippen LogP contribution is -2.39. The van der Waals surface area contributed by atoms with Crippen LogP contribution >= 0.6 is 0 Å². The fraction of sp³-hybridized carbons (Fsp3) is 0.577. The number of ketones is 1. The zero-order valence-corrected chi connectivity index (χ0v) is 22.3. The maximum Gasteiger partial charge on any atom is 0.408 e. The van der Waals surface area contributed by atoms with Gasteiger partial charge in [-0.1, -0.05) is 5.16 Å². The lowest BCUT2D eigenvalue weighted by Gasteiger charge is -2.33. The lowest BCUT2D eigenvalue weighted by molar-refractivity contribution is -0.155. The first-order valence-corrected chi connectivity index (χ1v) is 13.5. The highest BCUT2D eigenvalue weighted by atomic mass is 19.4. The topological polar surface area (TPSA) is 144 Å². The highest BCUT2D eigenvalue weighted by Crippen LogP contribution is 2.43. The molecule has 3 aromatic heterocycles. The molecule has 2 amide bonds. The van der Waals surface area contributed by atoms with Gasteiger partial charge in [-0.25, -0.2) is 22.9 Å². The van der Waals surface area contributed by atoms with E-state index in [1.807, 2.05) is 5.32 Å². The summed E-state index contributed by atoms with van der Waals surface area (Å²) in [6.07, 6.45) is -1.73. The minimum absolute atomic E-state index is 0.0126. The first kappa shape index (κ1) is 28.2. The van der Waals surface area contributed by atoms with Gasteiger partial charge in [0.05, 0.1) is 24.1 Å². The predicted octanol–water partition coefficient (Wildman–Crippen LogP) is 3.93. The van der Waals surface area contributed by atoms with E-state index in [1.54, 1.807) is 0 Å². The number of nitrogens with one attached hydrogen (secondary N) is 2. The number of Topliss-reactive ketones (excluding diaryl/α,β-unsaturated/α-hetero) is 1. The third kappa shape index (κ3) is 5.11. The smallest absolute Gasteiger partial charge is 0.344 e. The number of imidazole rings is 1. The first-order chi connectivity index (χ1) is 19.7. The maximum absolute atomic E-state index is 14.0. The van der Waals surface area contributed by atoms with Gasteiger partial charge in [0.2, 0.25) is 11.8 Å². The Hall–Kier alpha value is -3.98. The van der Waals surface area contributed by atoms with E-state index in [0.717, 1.165) is 26.0 Å². The summed E-state index contributed by atoms with van der Waals surface area (Å²) in [5.74, 6) is -5.65. The van der Waals surface area contributed by atoms with Gasteiger partial charge in [-0.05, 0) is 56.2 Å². The van der Waals surface area contributed by atoms with Gasteiger partial charge in [-0.3, -0.25) is 14.4 Å². The highest BCUT2D eigenvalue weighted by molar-refractivity contribution is 6.14. The minimum atomic E-state index is -4.71. The first-order valence-electron chi connectivity index (χ1n) is 13.5. The third-order valence-corrected chi connectivity index (χ3v) is 8.45. The molecule has 42 heavy (non-hydrogen) atoms. The normalized spacial score (nSPS) is 25.4. The largest absolute Gasteiger partial charge is 0.408 e. The van der Waals surface area contributed by atoms with E-state index >= 15 is 0 Å². The van der Waals surface area contributed by atoms with Crippen LogP contribution in [0.15, 0.2) is 23.1 Å². The van der Waals surface area contributed by atoms with Gasteiger partial charge in [0.25, 0.3) is 5.91 Å². The van der Waals surface area contributed by atoms with Gasteiger partial charge in [-0.2, -0.15) is 18.3 Å². The van der Waals surface area contributed by atoms with Crippen LogP contribution in [0.5, 0.6) is 0 Å². The summed E-state index contributed by atoms with van der Waals surface area (Å²) in [5.41, 5.74) is -1.25. The van der Waals surface area contributed by atoms with E-state index < -0.39 is 59.5 Å². The van der Waals surface area contributed by atoms with Gasteiger partial charge in [-0.15, -0.1) is 0 Å². The second-order valence-electron chi connectivity index (χ2n) is 11.6. The molecule has 3 atom stereocenters. The van der Waals surface area contributed by atoms with Crippen LogP contribution in [0.1, 0.15) is 96.1 Å². The number of hydrogen-bond acceptors (Lipinski definition) is 8. The van der Waals surface area contributed by atoms with Gasteiger partial charge in [0.15, 0.2) is 17.1 Å². The Morgan fingerprint density at radius 1 is 1.17 bits per heavy atom.